The van der Waals surface area contributed by atoms with Gasteiger partial charge in [-0.15, -0.1) is 0 Å². The van der Waals surface area contributed by atoms with E-state index in [-0.39, 0.29) is 0 Å². The summed E-state index contributed by atoms with van der Waals surface area (Å²) < 4.78 is 0. The third-order valence-electron chi connectivity index (χ3n) is 4.05. The lowest BCUT2D eigenvalue weighted by Gasteiger charge is -2.36. The third-order valence-corrected chi connectivity index (χ3v) is 4.39. The van der Waals surface area contributed by atoms with Gasteiger partial charge in [-0.3, -0.25) is 4.98 Å². The van der Waals surface area contributed by atoms with Crippen molar-refractivity contribution >= 4 is 11.6 Å². The van der Waals surface area contributed by atoms with Gasteiger partial charge in [0.15, 0.2) is 0 Å². The molecular formula is C16H17ClN2. The monoisotopic (exact) mass is 272 g/mol. The molecular weight excluding hydrogens is 256 g/mol. The minimum Gasteiger partial charge on any atom is -0.316 e. The molecule has 1 N–H and O–H groups in total. The second kappa shape index (κ2) is 5.32. The fraction of sp³-hybridized carbons (Fsp3) is 0.312. The van der Waals surface area contributed by atoms with Crippen molar-refractivity contribution in [3.05, 3.63) is 64.4 Å². The Kier molecular flexibility index (Phi) is 3.54. The van der Waals surface area contributed by atoms with Crippen molar-refractivity contribution in [2.75, 3.05) is 7.05 Å². The predicted molar refractivity (Wildman–Crippen MR) is 78.7 cm³/mol. The van der Waals surface area contributed by atoms with E-state index in [1.54, 1.807) is 6.20 Å². The van der Waals surface area contributed by atoms with Crippen LogP contribution in [0.1, 0.15) is 22.6 Å². The second-order valence-corrected chi connectivity index (χ2v) is 5.48. The standard InChI is InChI=1S/C16H17ClN2/c1-18-16(9-12-6-7-19-10-15(12)17)14-8-11-4-2-3-5-13(11)14/h2-7,10,14,16,18H,8-9H2,1H3. The smallest absolute Gasteiger partial charge is 0.0621 e. The van der Waals surface area contributed by atoms with E-state index in [0.717, 1.165) is 17.9 Å². The van der Waals surface area contributed by atoms with Crippen molar-refractivity contribution in [2.45, 2.75) is 24.8 Å². The lowest BCUT2D eigenvalue weighted by atomic mass is 9.72. The van der Waals surface area contributed by atoms with Gasteiger partial charge in [-0.05, 0) is 42.6 Å². The third kappa shape index (κ3) is 2.38. The summed E-state index contributed by atoms with van der Waals surface area (Å²) in [6, 6.07) is 11.1. The molecule has 0 bridgehead atoms. The van der Waals surface area contributed by atoms with Crippen LogP contribution in [0, 0.1) is 0 Å². The van der Waals surface area contributed by atoms with E-state index in [0.29, 0.717) is 12.0 Å². The average Bonchev–Trinajstić information content (AvgIpc) is 2.41. The zero-order valence-electron chi connectivity index (χ0n) is 10.9. The highest BCUT2D eigenvalue weighted by molar-refractivity contribution is 6.31. The number of halogens is 1. The van der Waals surface area contributed by atoms with Crippen LogP contribution in [0.5, 0.6) is 0 Å². The fourth-order valence-corrected chi connectivity index (χ4v) is 3.11. The summed E-state index contributed by atoms with van der Waals surface area (Å²) in [5.41, 5.74) is 4.13. The van der Waals surface area contributed by atoms with Crippen LogP contribution in [0.15, 0.2) is 42.7 Å². The van der Waals surface area contributed by atoms with Crippen molar-refractivity contribution in [3.63, 3.8) is 0 Å². The molecule has 1 aromatic heterocycles. The Bertz CT molecular complexity index is 582. The number of hydrogen-bond acceptors (Lipinski definition) is 2. The minimum absolute atomic E-state index is 0.426. The summed E-state index contributed by atoms with van der Waals surface area (Å²) in [6.07, 6.45) is 5.63. The van der Waals surface area contributed by atoms with Crippen LogP contribution < -0.4 is 5.32 Å². The van der Waals surface area contributed by atoms with Gasteiger partial charge in [0, 0.05) is 24.4 Å². The lowest BCUT2D eigenvalue weighted by molar-refractivity contribution is 0.422. The van der Waals surface area contributed by atoms with E-state index in [1.165, 1.54) is 16.7 Å². The number of pyridine rings is 1. The van der Waals surface area contributed by atoms with Crippen LogP contribution in [0.25, 0.3) is 0 Å². The Morgan fingerprint density at radius 1 is 1.37 bits per heavy atom. The highest BCUT2D eigenvalue weighted by Gasteiger charge is 2.32. The Hall–Kier alpha value is -1.38. The average molecular weight is 273 g/mol. The number of likely N-dealkylation sites (N-methyl/N-ethyl adjacent to an activating group) is 1. The first-order valence-corrected chi connectivity index (χ1v) is 7.01. The first-order valence-electron chi connectivity index (χ1n) is 6.63. The van der Waals surface area contributed by atoms with Crippen LogP contribution in [-0.2, 0) is 12.8 Å². The number of aromatic nitrogens is 1. The molecule has 0 radical (unpaired) electrons. The van der Waals surface area contributed by atoms with Crippen LogP contribution in [0.2, 0.25) is 5.02 Å². The molecule has 1 heterocycles. The topological polar surface area (TPSA) is 24.9 Å². The second-order valence-electron chi connectivity index (χ2n) is 5.08. The molecule has 1 aliphatic rings. The minimum atomic E-state index is 0.426. The molecule has 1 aromatic carbocycles. The van der Waals surface area contributed by atoms with Crippen molar-refractivity contribution in [3.8, 4) is 0 Å². The van der Waals surface area contributed by atoms with Crippen molar-refractivity contribution in [1.29, 1.82) is 0 Å². The van der Waals surface area contributed by atoms with Gasteiger partial charge < -0.3 is 5.32 Å². The Morgan fingerprint density at radius 3 is 2.95 bits per heavy atom. The van der Waals surface area contributed by atoms with Crippen molar-refractivity contribution < 1.29 is 0 Å². The molecule has 0 fully saturated rings. The van der Waals surface area contributed by atoms with Gasteiger partial charge in [0.25, 0.3) is 0 Å². The quantitative estimate of drug-likeness (QED) is 0.925. The summed E-state index contributed by atoms with van der Waals surface area (Å²) in [4.78, 5) is 4.04. The van der Waals surface area contributed by atoms with Gasteiger partial charge in [-0.1, -0.05) is 35.9 Å². The molecule has 2 nitrogen and oxygen atoms in total. The Labute approximate surface area is 118 Å². The van der Waals surface area contributed by atoms with E-state index in [1.807, 2.05) is 19.3 Å². The molecule has 2 atom stereocenters. The molecule has 0 amide bonds. The predicted octanol–water partition coefficient (Wildman–Crippen LogP) is 3.21. The van der Waals surface area contributed by atoms with Gasteiger partial charge in [-0.2, -0.15) is 0 Å². The van der Waals surface area contributed by atoms with E-state index in [4.69, 9.17) is 11.6 Å². The van der Waals surface area contributed by atoms with Crippen LogP contribution in [0.4, 0.5) is 0 Å². The Morgan fingerprint density at radius 2 is 2.21 bits per heavy atom. The molecule has 98 valence electrons. The number of benzene rings is 1. The van der Waals surface area contributed by atoms with Crippen molar-refractivity contribution in [2.24, 2.45) is 0 Å². The first kappa shape index (κ1) is 12.6. The maximum atomic E-state index is 6.20. The summed E-state index contributed by atoms with van der Waals surface area (Å²) in [5.74, 6) is 0.588. The molecule has 3 heteroatoms. The molecule has 3 rings (SSSR count). The summed E-state index contributed by atoms with van der Waals surface area (Å²) in [7, 11) is 2.03. The maximum Gasteiger partial charge on any atom is 0.0621 e. The molecule has 0 saturated heterocycles. The highest BCUT2D eigenvalue weighted by Crippen LogP contribution is 2.38. The van der Waals surface area contributed by atoms with E-state index >= 15 is 0 Å². The number of rotatable bonds is 4. The molecule has 19 heavy (non-hydrogen) atoms. The number of hydrogen-bond donors (Lipinski definition) is 1. The largest absolute Gasteiger partial charge is 0.316 e. The van der Waals surface area contributed by atoms with Gasteiger partial charge in [0.2, 0.25) is 0 Å². The summed E-state index contributed by atoms with van der Waals surface area (Å²) in [5, 5.41) is 4.20. The molecule has 0 spiro atoms. The lowest BCUT2D eigenvalue weighted by Crippen LogP contribution is -2.39. The van der Waals surface area contributed by atoms with Crippen molar-refractivity contribution in [1.82, 2.24) is 10.3 Å². The molecule has 2 unspecified atom stereocenters. The van der Waals surface area contributed by atoms with E-state index < -0.39 is 0 Å². The fourth-order valence-electron chi connectivity index (χ4n) is 2.91. The van der Waals surface area contributed by atoms with Crippen LogP contribution >= 0.6 is 11.6 Å². The van der Waals surface area contributed by atoms with E-state index in [2.05, 4.69) is 34.6 Å². The number of nitrogens with zero attached hydrogens (tertiary/aromatic N) is 1. The molecule has 1 aliphatic carbocycles. The number of fused-ring (bicyclic) bond motifs is 1. The zero-order valence-corrected chi connectivity index (χ0v) is 11.7. The van der Waals surface area contributed by atoms with Gasteiger partial charge in [-0.25, -0.2) is 0 Å². The van der Waals surface area contributed by atoms with Gasteiger partial charge in [0.05, 0.1) is 5.02 Å². The van der Waals surface area contributed by atoms with Gasteiger partial charge >= 0.3 is 0 Å². The Balaban J connectivity index is 1.79. The zero-order chi connectivity index (χ0) is 13.2. The normalized spacial score (nSPS) is 18.5. The van der Waals surface area contributed by atoms with E-state index in [9.17, 15) is 0 Å². The van der Waals surface area contributed by atoms with Gasteiger partial charge in [0.1, 0.15) is 0 Å². The first-order chi connectivity index (χ1) is 9.29. The maximum absolute atomic E-state index is 6.20. The SMILES string of the molecule is CNC(Cc1ccncc1Cl)C1Cc2ccccc21. The number of nitrogens with one attached hydrogen (secondary N) is 1. The highest BCUT2D eigenvalue weighted by atomic mass is 35.5. The molecule has 0 saturated carbocycles. The van der Waals surface area contributed by atoms with Crippen LogP contribution in [0.3, 0.4) is 0 Å². The molecule has 2 aromatic rings. The van der Waals surface area contributed by atoms with Crippen LogP contribution in [-0.4, -0.2) is 18.1 Å². The molecule has 0 aliphatic heterocycles. The summed E-state index contributed by atoms with van der Waals surface area (Å²) >= 11 is 6.20. The summed E-state index contributed by atoms with van der Waals surface area (Å²) in [6.45, 7) is 0.